The third kappa shape index (κ3) is 8.08. The van der Waals surface area contributed by atoms with E-state index in [1.165, 1.54) is 17.7 Å². The van der Waals surface area contributed by atoms with Crippen molar-refractivity contribution >= 4 is 17.4 Å². The smallest absolute Gasteiger partial charge is 0.226 e. The van der Waals surface area contributed by atoms with Gasteiger partial charge in [-0.1, -0.05) is 38.8 Å². The number of rotatable bonds is 11. The fourth-order valence-corrected chi connectivity index (χ4v) is 4.40. The van der Waals surface area contributed by atoms with Gasteiger partial charge < -0.3 is 10.2 Å². The van der Waals surface area contributed by atoms with Crippen molar-refractivity contribution in [2.45, 2.75) is 64.7 Å². The molecule has 0 spiro atoms. The van der Waals surface area contributed by atoms with Crippen LogP contribution in [0.4, 0.5) is 10.1 Å². The molecule has 3 rings (SSSR count). The van der Waals surface area contributed by atoms with Crippen molar-refractivity contribution in [3.05, 3.63) is 65.5 Å². The maximum Gasteiger partial charge on any atom is 0.226 e. The normalized spacial score (nSPS) is 15.0. The Morgan fingerprint density at radius 1 is 1.00 bits per heavy atom. The van der Waals surface area contributed by atoms with Crippen LogP contribution >= 0.6 is 0 Å². The molecule has 0 aromatic heterocycles. The van der Waals surface area contributed by atoms with Gasteiger partial charge in [-0.05, 0) is 93.2 Å². The number of carbonyl (C=O) groups excluding carboxylic acids is 2. The third-order valence-electron chi connectivity index (χ3n) is 6.53. The van der Waals surface area contributed by atoms with E-state index in [0.29, 0.717) is 17.9 Å². The van der Waals surface area contributed by atoms with E-state index < -0.39 is 0 Å². The molecule has 0 bridgehead atoms. The molecule has 5 heteroatoms. The van der Waals surface area contributed by atoms with Crippen molar-refractivity contribution in [3.8, 4) is 0 Å². The molecule has 1 N–H and O–H groups in total. The van der Waals surface area contributed by atoms with Crippen LogP contribution in [-0.2, 0) is 4.79 Å². The number of ketones is 1. The fraction of sp³-hybridized carbons (Fsp3) is 0.500. The van der Waals surface area contributed by atoms with Gasteiger partial charge in [-0.2, -0.15) is 0 Å². The molecular weight excluding hydrogens is 415 g/mol. The SMILES string of the molecule is CC(C)C(=O)Nc1cccc(C2CCN(CCCCCCC(=O)c3ccc(F)cc3)CC2)c1. The first-order valence-corrected chi connectivity index (χ1v) is 12.3. The summed E-state index contributed by atoms with van der Waals surface area (Å²) in [4.78, 5) is 26.7. The Labute approximate surface area is 197 Å². The number of unbranched alkanes of at least 4 members (excludes halogenated alkanes) is 3. The van der Waals surface area contributed by atoms with Crippen molar-refractivity contribution in [2.75, 3.05) is 25.0 Å². The van der Waals surface area contributed by atoms with Crippen molar-refractivity contribution in [1.29, 1.82) is 0 Å². The summed E-state index contributed by atoms with van der Waals surface area (Å²) < 4.78 is 13.0. The lowest BCUT2D eigenvalue weighted by Gasteiger charge is -2.32. The summed E-state index contributed by atoms with van der Waals surface area (Å²) in [5.74, 6) is 0.382. The largest absolute Gasteiger partial charge is 0.326 e. The van der Waals surface area contributed by atoms with Crippen LogP contribution in [-0.4, -0.2) is 36.2 Å². The van der Waals surface area contributed by atoms with Gasteiger partial charge in [0.25, 0.3) is 0 Å². The Morgan fingerprint density at radius 3 is 2.39 bits per heavy atom. The van der Waals surface area contributed by atoms with Gasteiger partial charge in [-0.3, -0.25) is 9.59 Å². The van der Waals surface area contributed by atoms with Crippen LogP contribution in [0, 0.1) is 11.7 Å². The molecule has 1 amide bonds. The molecule has 0 radical (unpaired) electrons. The highest BCUT2D eigenvalue weighted by Gasteiger charge is 2.20. The van der Waals surface area contributed by atoms with Gasteiger partial charge in [0.15, 0.2) is 5.78 Å². The van der Waals surface area contributed by atoms with Gasteiger partial charge in [-0.25, -0.2) is 4.39 Å². The second-order valence-electron chi connectivity index (χ2n) is 9.48. The highest BCUT2D eigenvalue weighted by molar-refractivity contribution is 5.96. The number of benzene rings is 2. The maximum atomic E-state index is 13.0. The highest BCUT2D eigenvalue weighted by atomic mass is 19.1. The molecule has 1 fully saturated rings. The van der Waals surface area contributed by atoms with E-state index in [0.717, 1.165) is 63.8 Å². The lowest BCUT2D eigenvalue weighted by atomic mass is 9.89. The number of amides is 1. The van der Waals surface area contributed by atoms with Crippen LogP contribution in [0.2, 0.25) is 0 Å². The Morgan fingerprint density at radius 2 is 1.70 bits per heavy atom. The molecule has 2 aromatic carbocycles. The second-order valence-corrected chi connectivity index (χ2v) is 9.48. The summed E-state index contributed by atoms with van der Waals surface area (Å²) >= 11 is 0. The summed E-state index contributed by atoms with van der Waals surface area (Å²) in [7, 11) is 0. The first-order valence-electron chi connectivity index (χ1n) is 12.3. The van der Waals surface area contributed by atoms with E-state index in [4.69, 9.17) is 0 Å². The summed E-state index contributed by atoms with van der Waals surface area (Å²) in [6.45, 7) is 7.14. The predicted molar refractivity (Wildman–Crippen MR) is 132 cm³/mol. The van der Waals surface area contributed by atoms with Crippen LogP contribution in [0.3, 0.4) is 0 Å². The summed E-state index contributed by atoms with van der Waals surface area (Å²) in [6.07, 6.45) is 7.07. The second kappa shape index (κ2) is 12.6. The molecule has 1 aliphatic rings. The molecule has 178 valence electrons. The summed E-state index contributed by atoms with van der Waals surface area (Å²) in [5.41, 5.74) is 2.82. The number of nitrogens with zero attached hydrogens (tertiary/aromatic N) is 1. The number of piperidine rings is 1. The Hall–Kier alpha value is -2.53. The minimum absolute atomic E-state index is 0.0211. The molecule has 0 unspecified atom stereocenters. The topological polar surface area (TPSA) is 49.4 Å². The van der Waals surface area contributed by atoms with Crippen molar-refractivity contribution in [2.24, 2.45) is 5.92 Å². The molecule has 1 heterocycles. The van der Waals surface area contributed by atoms with Gasteiger partial charge in [-0.15, -0.1) is 0 Å². The van der Waals surface area contributed by atoms with Crippen molar-refractivity contribution < 1.29 is 14.0 Å². The average Bonchev–Trinajstić information content (AvgIpc) is 2.82. The molecule has 33 heavy (non-hydrogen) atoms. The number of nitrogens with one attached hydrogen (secondary N) is 1. The van der Waals surface area contributed by atoms with Crippen LogP contribution in [0.25, 0.3) is 0 Å². The molecule has 1 aliphatic heterocycles. The molecule has 0 aliphatic carbocycles. The van der Waals surface area contributed by atoms with Crippen LogP contribution in [0.1, 0.15) is 80.6 Å². The van der Waals surface area contributed by atoms with Gasteiger partial charge in [0.05, 0.1) is 0 Å². The van der Waals surface area contributed by atoms with E-state index in [2.05, 4.69) is 22.3 Å². The zero-order valence-electron chi connectivity index (χ0n) is 20.0. The lowest BCUT2D eigenvalue weighted by molar-refractivity contribution is -0.118. The highest BCUT2D eigenvalue weighted by Crippen LogP contribution is 2.29. The first kappa shape index (κ1) is 25.1. The molecule has 2 aromatic rings. The van der Waals surface area contributed by atoms with E-state index in [1.807, 2.05) is 26.0 Å². The average molecular weight is 453 g/mol. The summed E-state index contributed by atoms with van der Waals surface area (Å²) in [6, 6.07) is 14.1. The third-order valence-corrected chi connectivity index (χ3v) is 6.53. The van der Waals surface area contributed by atoms with Gasteiger partial charge in [0.2, 0.25) is 5.91 Å². The van der Waals surface area contributed by atoms with Gasteiger partial charge in [0, 0.05) is 23.6 Å². The Kier molecular flexibility index (Phi) is 9.61. The van der Waals surface area contributed by atoms with E-state index >= 15 is 0 Å². The Bertz CT molecular complexity index is 902. The number of Topliss-reactive ketones (excluding diaryl/α,β-unsaturated/α-hetero) is 1. The number of halogens is 1. The van der Waals surface area contributed by atoms with E-state index in [-0.39, 0.29) is 23.4 Å². The minimum Gasteiger partial charge on any atom is -0.326 e. The number of carbonyl (C=O) groups is 2. The molecule has 0 atom stereocenters. The first-order chi connectivity index (χ1) is 15.9. The van der Waals surface area contributed by atoms with E-state index in [9.17, 15) is 14.0 Å². The van der Waals surface area contributed by atoms with E-state index in [1.54, 1.807) is 12.1 Å². The molecule has 1 saturated heterocycles. The molecular formula is C28H37FN2O2. The number of hydrogen-bond acceptors (Lipinski definition) is 3. The molecule has 4 nitrogen and oxygen atoms in total. The van der Waals surface area contributed by atoms with Crippen molar-refractivity contribution in [1.82, 2.24) is 4.90 Å². The summed E-state index contributed by atoms with van der Waals surface area (Å²) in [5, 5.41) is 3.01. The number of likely N-dealkylation sites (tertiary alicyclic amines) is 1. The standard InChI is InChI=1S/C28H37FN2O2/c1-21(2)28(33)30-26-9-7-8-24(20-26)22-15-18-31(19-16-22)17-6-4-3-5-10-27(32)23-11-13-25(29)14-12-23/h7-9,11-14,20-22H,3-6,10,15-19H2,1-2H3,(H,30,33). The quantitative estimate of drug-likeness (QED) is 0.316. The van der Waals surface area contributed by atoms with Crippen LogP contribution in [0.15, 0.2) is 48.5 Å². The van der Waals surface area contributed by atoms with Crippen molar-refractivity contribution in [3.63, 3.8) is 0 Å². The van der Waals surface area contributed by atoms with Gasteiger partial charge >= 0.3 is 0 Å². The monoisotopic (exact) mass is 452 g/mol. The predicted octanol–water partition coefficient (Wildman–Crippen LogP) is 6.43. The van der Waals surface area contributed by atoms with Crippen LogP contribution in [0.5, 0.6) is 0 Å². The maximum absolute atomic E-state index is 13.0. The zero-order valence-corrected chi connectivity index (χ0v) is 20.0. The lowest BCUT2D eigenvalue weighted by Crippen LogP contribution is -2.33. The zero-order chi connectivity index (χ0) is 23.6. The van der Waals surface area contributed by atoms with Crippen LogP contribution < -0.4 is 5.32 Å². The molecule has 0 saturated carbocycles. The number of hydrogen-bond donors (Lipinski definition) is 1. The minimum atomic E-state index is -0.306. The number of anilines is 1. The fourth-order valence-electron chi connectivity index (χ4n) is 4.40. The Balaban J connectivity index is 1.30. The van der Waals surface area contributed by atoms with Gasteiger partial charge in [0.1, 0.15) is 5.82 Å².